The Balaban J connectivity index is 1.91. The van der Waals surface area contributed by atoms with Crippen LogP contribution >= 0.6 is 35.4 Å². The number of benzene rings is 2. The van der Waals surface area contributed by atoms with Crippen LogP contribution in [0.15, 0.2) is 42.5 Å². The monoisotopic (exact) mass is 353 g/mol. The molecule has 0 spiro atoms. The lowest BCUT2D eigenvalue weighted by Gasteiger charge is -2.11. The molecule has 0 radical (unpaired) electrons. The van der Waals surface area contributed by atoms with E-state index in [0.29, 0.717) is 33.0 Å². The summed E-state index contributed by atoms with van der Waals surface area (Å²) in [5.74, 6) is -0.450. The number of nitrogens with one attached hydrogen (secondary N) is 2. The number of hydrogen-bond acceptors (Lipinski definition) is 2. The van der Waals surface area contributed by atoms with Crippen LogP contribution < -0.4 is 16.4 Å². The molecule has 0 unspecified atom stereocenters. The quantitative estimate of drug-likeness (QED) is 0.735. The maximum atomic E-state index is 11.0. The van der Waals surface area contributed by atoms with E-state index in [-0.39, 0.29) is 0 Å². The molecule has 2 aromatic carbocycles. The average molecular weight is 354 g/mol. The third-order valence-electron chi connectivity index (χ3n) is 2.81. The molecular weight excluding hydrogens is 341 g/mol. The van der Waals surface area contributed by atoms with E-state index in [9.17, 15) is 4.79 Å². The highest BCUT2D eigenvalue weighted by atomic mass is 35.5. The first-order valence-corrected chi connectivity index (χ1v) is 7.50. The zero-order chi connectivity index (χ0) is 16.1. The summed E-state index contributed by atoms with van der Waals surface area (Å²) in [6, 6.07) is 12.1. The van der Waals surface area contributed by atoms with E-state index in [1.807, 2.05) is 12.1 Å². The number of anilines is 1. The molecule has 0 saturated heterocycles. The molecule has 0 aliphatic carbocycles. The summed E-state index contributed by atoms with van der Waals surface area (Å²) in [6.45, 7) is 0.513. The highest BCUT2D eigenvalue weighted by Crippen LogP contribution is 2.22. The minimum Gasteiger partial charge on any atom is -0.366 e. The van der Waals surface area contributed by atoms with E-state index < -0.39 is 5.91 Å². The fourth-order valence-electron chi connectivity index (χ4n) is 1.77. The van der Waals surface area contributed by atoms with Crippen LogP contribution in [0.5, 0.6) is 0 Å². The molecule has 0 aromatic heterocycles. The van der Waals surface area contributed by atoms with Gasteiger partial charge in [0.05, 0.1) is 0 Å². The number of rotatable bonds is 4. The van der Waals surface area contributed by atoms with Crippen molar-refractivity contribution in [2.24, 2.45) is 5.73 Å². The van der Waals surface area contributed by atoms with Gasteiger partial charge in [-0.25, -0.2) is 0 Å². The van der Waals surface area contributed by atoms with E-state index >= 15 is 0 Å². The number of carbonyl (C=O) groups is 1. The van der Waals surface area contributed by atoms with Crippen LogP contribution in [0.4, 0.5) is 5.69 Å². The zero-order valence-corrected chi connectivity index (χ0v) is 13.7. The summed E-state index contributed by atoms with van der Waals surface area (Å²) in [5, 5.41) is 7.55. The van der Waals surface area contributed by atoms with E-state index in [0.717, 1.165) is 5.56 Å². The molecule has 1 amide bonds. The van der Waals surface area contributed by atoms with Gasteiger partial charge in [0.15, 0.2) is 5.11 Å². The van der Waals surface area contributed by atoms with Crippen molar-refractivity contribution < 1.29 is 4.79 Å². The van der Waals surface area contributed by atoms with Gasteiger partial charge in [-0.05, 0) is 48.1 Å². The van der Waals surface area contributed by atoms with Crippen molar-refractivity contribution in [2.75, 3.05) is 5.32 Å². The minimum absolute atomic E-state index is 0.442. The van der Waals surface area contributed by atoms with Crippen molar-refractivity contribution in [3.8, 4) is 0 Å². The molecule has 2 rings (SSSR count). The molecular formula is C15H13Cl2N3OS. The van der Waals surface area contributed by atoms with Gasteiger partial charge >= 0.3 is 0 Å². The van der Waals surface area contributed by atoms with Crippen LogP contribution in [-0.2, 0) is 6.54 Å². The Morgan fingerprint density at radius 2 is 1.68 bits per heavy atom. The number of amides is 1. The van der Waals surface area contributed by atoms with Crippen molar-refractivity contribution in [3.63, 3.8) is 0 Å². The first kappa shape index (κ1) is 16.5. The van der Waals surface area contributed by atoms with Crippen molar-refractivity contribution >= 4 is 52.1 Å². The molecule has 0 saturated carbocycles. The SMILES string of the molecule is NC(=O)c1ccc(CNC(=S)Nc2cc(Cl)cc(Cl)c2)cc1. The standard InChI is InChI=1S/C15H13Cl2N3OS/c16-11-5-12(17)7-13(6-11)20-15(22)19-8-9-1-3-10(4-2-9)14(18)21/h1-7H,8H2,(H2,18,21)(H2,19,20,22). The summed E-state index contributed by atoms with van der Waals surface area (Å²) in [4.78, 5) is 11.0. The molecule has 0 heterocycles. The van der Waals surface area contributed by atoms with Gasteiger partial charge in [0, 0.05) is 27.8 Å². The van der Waals surface area contributed by atoms with E-state index in [4.69, 9.17) is 41.2 Å². The van der Waals surface area contributed by atoms with Crippen LogP contribution in [0, 0.1) is 0 Å². The van der Waals surface area contributed by atoms with E-state index in [1.165, 1.54) is 0 Å². The summed E-state index contributed by atoms with van der Waals surface area (Å²) < 4.78 is 0. The fourth-order valence-corrected chi connectivity index (χ4v) is 2.49. The molecule has 0 bridgehead atoms. The highest BCUT2D eigenvalue weighted by molar-refractivity contribution is 7.80. The molecule has 114 valence electrons. The smallest absolute Gasteiger partial charge is 0.248 e. The van der Waals surface area contributed by atoms with Crippen molar-refractivity contribution in [1.29, 1.82) is 0 Å². The van der Waals surface area contributed by atoms with E-state index in [1.54, 1.807) is 30.3 Å². The predicted octanol–water partition coefficient (Wildman–Crippen LogP) is 3.58. The second-order valence-corrected chi connectivity index (χ2v) is 5.81. The number of nitrogens with two attached hydrogens (primary N) is 1. The summed E-state index contributed by atoms with van der Waals surface area (Å²) >= 11 is 17.0. The molecule has 4 N–H and O–H groups in total. The Morgan fingerprint density at radius 1 is 1.09 bits per heavy atom. The van der Waals surface area contributed by atoms with Gasteiger partial charge in [-0.2, -0.15) is 0 Å². The maximum absolute atomic E-state index is 11.0. The van der Waals surface area contributed by atoms with Crippen LogP contribution in [-0.4, -0.2) is 11.0 Å². The molecule has 7 heteroatoms. The van der Waals surface area contributed by atoms with Gasteiger partial charge < -0.3 is 16.4 Å². The third-order valence-corrected chi connectivity index (χ3v) is 3.49. The fraction of sp³-hybridized carbons (Fsp3) is 0.0667. The Bertz CT molecular complexity index is 684. The van der Waals surface area contributed by atoms with Gasteiger partial charge in [-0.3, -0.25) is 4.79 Å². The summed E-state index contributed by atoms with van der Waals surface area (Å²) in [7, 11) is 0. The van der Waals surface area contributed by atoms with Crippen LogP contribution in [0.3, 0.4) is 0 Å². The third kappa shape index (κ3) is 4.87. The topological polar surface area (TPSA) is 67.2 Å². The molecule has 0 fully saturated rings. The predicted molar refractivity (Wildman–Crippen MR) is 94.5 cm³/mol. The molecule has 4 nitrogen and oxygen atoms in total. The first-order chi connectivity index (χ1) is 10.4. The van der Waals surface area contributed by atoms with Gasteiger partial charge in [0.1, 0.15) is 0 Å². The number of primary amides is 1. The number of hydrogen-bond donors (Lipinski definition) is 3. The van der Waals surface area contributed by atoms with Crippen LogP contribution in [0.25, 0.3) is 0 Å². The Labute approximate surface area is 143 Å². The van der Waals surface area contributed by atoms with Gasteiger partial charge in [0.25, 0.3) is 0 Å². The van der Waals surface area contributed by atoms with Gasteiger partial charge in [0.2, 0.25) is 5.91 Å². The van der Waals surface area contributed by atoms with E-state index in [2.05, 4.69) is 10.6 Å². The maximum Gasteiger partial charge on any atom is 0.248 e. The molecule has 0 atom stereocenters. The Kier molecular flexibility index (Phi) is 5.60. The number of thiocarbonyl (C=S) groups is 1. The van der Waals surface area contributed by atoms with Crippen LogP contribution in [0.2, 0.25) is 10.0 Å². The van der Waals surface area contributed by atoms with Crippen molar-refractivity contribution in [1.82, 2.24) is 5.32 Å². The largest absolute Gasteiger partial charge is 0.366 e. The van der Waals surface area contributed by atoms with Crippen LogP contribution in [0.1, 0.15) is 15.9 Å². The molecule has 2 aromatic rings. The lowest BCUT2D eigenvalue weighted by molar-refractivity contribution is 0.100. The number of carbonyl (C=O) groups excluding carboxylic acids is 1. The second-order valence-electron chi connectivity index (χ2n) is 4.53. The molecule has 0 aliphatic rings. The van der Waals surface area contributed by atoms with Gasteiger partial charge in [-0.15, -0.1) is 0 Å². The lowest BCUT2D eigenvalue weighted by Crippen LogP contribution is -2.27. The highest BCUT2D eigenvalue weighted by Gasteiger charge is 2.03. The number of halogens is 2. The average Bonchev–Trinajstić information content (AvgIpc) is 2.44. The summed E-state index contributed by atoms with van der Waals surface area (Å²) in [6.07, 6.45) is 0. The van der Waals surface area contributed by atoms with Gasteiger partial charge in [-0.1, -0.05) is 35.3 Å². The second kappa shape index (κ2) is 7.45. The van der Waals surface area contributed by atoms with Crippen molar-refractivity contribution in [3.05, 3.63) is 63.6 Å². The van der Waals surface area contributed by atoms with Crippen molar-refractivity contribution in [2.45, 2.75) is 6.54 Å². The summed E-state index contributed by atoms with van der Waals surface area (Å²) in [5.41, 5.74) is 7.34. The first-order valence-electron chi connectivity index (χ1n) is 6.34. The lowest BCUT2D eigenvalue weighted by atomic mass is 10.1. The zero-order valence-electron chi connectivity index (χ0n) is 11.4. The normalized spacial score (nSPS) is 10.1. The molecule has 22 heavy (non-hydrogen) atoms. The Morgan fingerprint density at radius 3 is 2.23 bits per heavy atom. The Hall–Kier alpha value is -1.82. The minimum atomic E-state index is -0.450. The molecule has 0 aliphatic heterocycles.